The molecule has 2 unspecified atom stereocenters. The van der Waals surface area contributed by atoms with Crippen molar-refractivity contribution in [3.63, 3.8) is 0 Å². The first-order valence-corrected chi connectivity index (χ1v) is 7.46. The van der Waals surface area contributed by atoms with E-state index in [1.807, 2.05) is 4.90 Å². The summed E-state index contributed by atoms with van der Waals surface area (Å²) in [6.45, 7) is 4.84. The van der Waals surface area contributed by atoms with E-state index >= 15 is 0 Å². The minimum atomic E-state index is 0.0823. The van der Waals surface area contributed by atoms with Crippen LogP contribution in [-0.4, -0.2) is 68.2 Å². The predicted octanol–water partition coefficient (Wildman–Crippen LogP) is 0.295. The van der Waals surface area contributed by atoms with Crippen molar-refractivity contribution < 1.29 is 9.53 Å². The first kappa shape index (κ1) is 14.8. The zero-order chi connectivity index (χ0) is 13.7. The standard InChI is InChI=1S/C14H27N3O2/c1-16-6-5-12(10-16)3-2-4-14(18)17-7-8-19-11-13(17)9-15/h12-13H,2-11,15H2,1H3. The highest BCUT2D eigenvalue weighted by Crippen LogP contribution is 2.21. The number of carbonyl (C=O) groups excluding carboxylic acids is 1. The molecular formula is C14H27N3O2. The predicted molar refractivity (Wildman–Crippen MR) is 74.8 cm³/mol. The van der Waals surface area contributed by atoms with Gasteiger partial charge in [-0.1, -0.05) is 0 Å². The first-order chi connectivity index (χ1) is 9.20. The van der Waals surface area contributed by atoms with E-state index < -0.39 is 0 Å². The van der Waals surface area contributed by atoms with Crippen molar-refractivity contribution in [2.75, 3.05) is 46.4 Å². The number of morpholine rings is 1. The van der Waals surface area contributed by atoms with E-state index in [1.165, 1.54) is 25.9 Å². The maximum Gasteiger partial charge on any atom is 0.223 e. The Bertz CT molecular complexity index is 298. The summed E-state index contributed by atoms with van der Waals surface area (Å²) in [5.41, 5.74) is 5.70. The zero-order valence-corrected chi connectivity index (χ0v) is 12.0. The Morgan fingerprint density at radius 2 is 2.26 bits per heavy atom. The van der Waals surface area contributed by atoms with E-state index in [1.54, 1.807) is 0 Å². The van der Waals surface area contributed by atoms with Gasteiger partial charge in [0, 0.05) is 26.1 Å². The van der Waals surface area contributed by atoms with Crippen LogP contribution in [0.3, 0.4) is 0 Å². The Balaban J connectivity index is 1.68. The Kier molecular flexibility index (Phi) is 5.60. The summed E-state index contributed by atoms with van der Waals surface area (Å²) in [4.78, 5) is 16.5. The molecule has 1 amide bonds. The summed E-state index contributed by atoms with van der Waals surface area (Å²) in [7, 11) is 2.17. The number of hydrogen-bond donors (Lipinski definition) is 1. The van der Waals surface area contributed by atoms with Gasteiger partial charge in [-0.15, -0.1) is 0 Å². The third-order valence-corrected chi connectivity index (χ3v) is 4.31. The van der Waals surface area contributed by atoms with Crippen LogP contribution >= 0.6 is 0 Å². The molecule has 2 fully saturated rings. The molecule has 0 spiro atoms. The molecule has 0 saturated carbocycles. The number of rotatable bonds is 5. The second-order valence-corrected chi connectivity index (χ2v) is 5.86. The topological polar surface area (TPSA) is 58.8 Å². The molecule has 0 aliphatic carbocycles. The second-order valence-electron chi connectivity index (χ2n) is 5.86. The molecule has 2 aliphatic rings. The lowest BCUT2D eigenvalue weighted by Gasteiger charge is -2.35. The van der Waals surface area contributed by atoms with Gasteiger partial charge in [-0.3, -0.25) is 4.79 Å². The van der Waals surface area contributed by atoms with Gasteiger partial charge in [0.1, 0.15) is 0 Å². The lowest BCUT2D eigenvalue weighted by molar-refractivity contribution is -0.139. The molecule has 2 heterocycles. The van der Waals surface area contributed by atoms with E-state index in [4.69, 9.17) is 10.5 Å². The van der Waals surface area contributed by atoms with Crippen molar-refractivity contribution >= 4 is 5.91 Å². The third-order valence-electron chi connectivity index (χ3n) is 4.31. The molecule has 2 saturated heterocycles. The monoisotopic (exact) mass is 269 g/mol. The second kappa shape index (κ2) is 7.22. The smallest absolute Gasteiger partial charge is 0.223 e. The summed E-state index contributed by atoms with van der Waals surface area (Å²) in [5, 5.41) is 0. The highest BCUT2D eigenvalue weighted by atomic mass is 16.5. The number of likely N-dealkylation sites (tertiary alicyclic amines) is 1. The van der Waals surface area contributed by atoms with Crippen molar-refractivity contribution in [3.8, 4) is 0 Å². The van der Waals surface area contributed by atoms with Gasteiger partial charge in [0.25, 0.3) is 0 Å². The highest BCUT2D eigenvalue weighted by Gasteiger charge is 2.26. The maximum absolute atomic E-state index is 12.2. The van der Waals surface area contributed by atoms with Crippen LogP contribution in [0.15, 0.2) is 0 Å². The molecule has 0 radical (unpaired) electrons. The van der Waals surface area contributed by atoms with Crippen LogP contribution in [0.4, 0.5) is 0 Å². The van der Waals surface area contributed by atoms with Gasteiger partial charge >= 0.3 is 0 Å². The Hall–Kier alpha value is -0.650. The van der Waals surface area contributed by atoms with Crippen LogP contribution in [0.2, 0.25) is 0 Å². The minimum absolute atomic E-state index is 0.0823. The summed E-state index contributed by atoms with van der Waals surface area (Å²) in [6.07, 6.45) is 4.13. The van der Waals surface area contributed by atoms with Gasteiger partial charge in [0.05, 0.1) is 19.3 Å². The molecule has 0 aromatic heterocycles. The minimum Gasteiger partial charge on any atom is -0.377 e. The number of nitrogens with zero attached hydrogens (tertiary/aromatic N) is 2. The molecule has 0 bridgehead atoms. The Morgan fingerprint density at radius 3 is 2.95 bits per heavy atom. The van der Waals surface area contributed by atoms with E-state index in [0.29, 0.717) is 32.7 Å². The molecule has 0 aromatic carbocycles. The van der Waals surface area contributed by atoms with Crippen LogP contribution in [-0.2, 0) is 9.53 Å². The number of nitrogens with two attached hydrogens (primary N) is 1. The van der Waals surface area contributed by atoms with Crippen LogP contribution in [0, 0.1) is 5.92 Å². The van der Waals surface area contributed by atoms with Crippen molar-refractivity contribution in [3.05, 3.63) is 0 Å². The lowest BCUT2D eigenvalue weighted by atomic mass is 10.0. The lowest BCUT2D eigenvalue weighted by Crippen LogP contribution is -2.52. The van der Waals surface area contributed by atoms with Gasteiger partial charge in [0.15, 0.2) is 0 Å². The molecule has 19 heavy (non-hydrogen) atoms. The number of amides is 1. The molecule has 2 rings (SSSR count). The maximum atomic E-state index is 12.2. The average Bonchev–Trinajstić information content (AvgIpc) is 2.84. The SMILES string of the molecule is CN1CCC(CCCC(=O)N2CCOCC2CN)C1. The van der Waals surface area contributed by atoms with E-state index in [0.717, 1.165) is 12.3 Å². The number of hydrogen-bond acceptors (Lipinski definition) is 4. The Morgan fingerprint density at radius 1 is 1.42 bits per heavy atom. The summed E-state index contributed by atoms with van der Waals surface area (Å²) in [5.74, 6) is 1.04. The third kappa shape index (κ3) is 4.16. The summed E-state index contributed by atoms with van der Waals surface area (Å²) >= 11 is 0. The average molecular weight is 269 g/mol. The molecule has 2 aliphatic heterocycles. The number of ether oxygens (including phenoxy) is 1. The molecule has 5 nitrogen and oxygen atoms in total. The van der Waals surface area contributed by atoms with Crippen molar-refractivity contribution in [1.29, 1.82) is 0 Å². The zero-order valence-electron chi connectivity index (χ0n) is 12.0. The van der Waals surface area contributed by atoms with Gasteiger partial charge in [-0.25, -0.2) is 0 Å². The van der Waals surface area contributed by atoms with Crippen LogP contribution in [0.1, 0.15) is 25.7 Å². The molecule has 0 aromatic rings. The fourth-order valence-electron chi connectivity index (χ4n) is 3.13. The van der Waals surface area contributed by atoms with Gasteiger partial charge < -0.3 is 20.3 Å². The van der Waals surface area contributed by atoms with E-state index in [2.05, 4.69) is 11.9 Å². The summed E-state index contributed by atoms with van der Waals surface area (Å²) in [6, 6.07) is 0.0823. The van der Waals surface area contributed by atoms with Crippen molar-refractivity contribution in [2.45, 2.75) is 31.7 Å². The van der Waals surface area contributed by atoms with E-state index in [9.17, 15) is 4.79 Å². The normalized spacial score (nSPS) is 28.8. The largest absolute Gasteiger partial charge is 0.377 e. The van der Waals surface area contributed by atoms with Crippen molar-refractivity contribution in [2.24, 2.45) is 11.7 Å². The number of carbonyl (C=O) groups is 1. The fraction of sp³-hybridized carbons (Fsp3) is 0.929. The van der Waals surface area contributed by atoms with Crippen LogP contribution in [0.5, 0.6) is 0 Å². The van der Waals surface area contributed by atoms with E-state index in [-0.39, 0.29) is 11.9 Å². The fourth-order valence-corrected chi connectivity index (χ4v) is 3.13. The quantitative estimate of drug-likeness (QED) is 0.779. The molecule has 110 valence electrons. The molecular weight excluding hydrogens is 242 g/mol. The molecule has 2 N–H and O–H groups in total. The van der Waals surface area contributed by atoms with Gasteiger partial charge in [0.2, 0.25) is 5.91 Å². The molecule has 5 heteroatoms. The summed E-state index contributed by atoms with van der Waals surface area (Å²) < 4.78 is 5.37. The Labute approximate surface area is 116 Å². The first-order valence-electron chi connectivity index (χ1n) is 7.46. The van der Waals surface area contributed by atoms with Crippen LogP contribution in [0.25, 0.3) is 0 Å². The highest BCUT2D eigenvalue weighted by molar-refractivity contribution is 5.76. The van der Waals surface area contributed by atoms with Gasteiger partial charge in [-0.2, -0.15) is 0 Å². The molecule has 2 atom stereocenters. The van der Waals surface area contributed by atoms with Crippen LogP contribution < -0.4 is 5.73 Å². The van der Waals surface area contributed by atoms with Gasteiger partial charge in [-0.05, 0) is 38.8 Å². The van der Waals surface area contributed by atoms with Crippen molar-refractivity contribution in [1.82, 2.24) is 9.80 Å².